The van der Waals surface area contributed by atoms with Crippen LogP contribution in [0.5, 0.6) is 0 Å². The molecule has 1 aromatic heterocycles. The topological polar surface area (TPSA) is 46.4 Å². The predicted molar refractivity (Wildman–Crippen MR) is 108 cm³/mol. The second-order valence-electron chi connectivity index (χ2n) is 6.38. The van der Waals surface area contributed by atoms with Gasteiger partial charge in [0.2, 0.25) is 0 Å². The van der Waals surface area contributed by atoms with Crippen LogP contribution in [0, 0.1) is 6.92 Å². The molecule has 0 radical (unpaired) electrons. The van der Waals surface area contributed by atoms with E-state index in [9.17, 15) is 4.79 Å². The maximum absolute atomic E-state index is 12.2. The fourth-order valence-electron chi connectivity index (χ4n) is 2.60. The van der Waals surface area contributed by atoms with Gasteiger partial charge in [-0.3, -0.25) is 4.79 Å². The SMILES string of the molecule is Cc1ccc(-c2nc(C[NH+](C)CC(=O)Nc3ccc(Cl)cc3)cs2)cc1. The van der Waals surface area contributed by atoms with Gasteiger partial charge in [-0.2, -0.15) is 0 Å². The first-order chi connectivity index (χ1) is 12.5. The van der Waals surface area contributed by atoms with Crippen LogP contribution in [0.2, 0.25) is 5.02 Å². The standard InChI is InChI=1S/C20H20ClN3OS/c1-14-3-5-15(6-4-14)20-23-18(13-26-20)11-24(2)12-19(25)22-17-9-7-16(21)8-10-17/h3-10,13H,11-12H2,1-2H3,(H,22,25)/p+1. The number of nitrogens with zero attached hydrogens (tertiary/aromatic N) is 1. The van der Waals surface area contributed by atoms with Crippen LogP contribution < -0.4 is 10.2 Å². The van der Waals surface area contributed by atoms with Crippen molar-refractivity contribution in [3.63, 3.8) is 0 Å². The molecule has 0 fully saturated rings. The molecule has 1 atom stereocenters. The van der Waals surface area contributed by atoms with Gasteiger partial charge >= 0.3 is 0 Å². The molecule has 0 saturated heterocycles. The number of nitrogens with one attached hydrogen (secondary N) is 2. The number of hydrogen-bond donors (Lipinski definition) is 2. The van der Waals surface area contributed by atoms with Gasteiger partial charge in [0.05, 0.1) is 7.05 Å². The minimum atomic E-state index is -0.0289. The third kappa shape index (κ3) is 5.14. The average Bonchev–Trinajstić information content (AvgIpc) is 3.05. The number of likely N-dealkylation sites (N-methyl/N-ethyl adjacent to an activating group) is 1. The number of rotatable bonds is 6. The highest BCUT2D eigenvalue weighted by molar-refractivity contribution is 7.13. The van der Waals surface area contributed by atoms with Crippen LogP contribution in [-0.4, -0.2) is 24.5 Å². The summed E-state index contributed by atoms with van der Waals surface area (Å²) in [5.41, 5.74) is 4.12. The molecule has 1 amide bonds. The van der Waals surface area contributed by atoms with Crippen LogP contribution in [0.1, 0.15) is 11.3 Å². The Kier molecular flexibility index (Phi) is 6.04. The largest absolute Gasteiger partial charge is 0.325 e. The lowest BCUT2D eigenvalue weighted by Crippen LogP contribution is -3.08. The highest BCUT2D eigenvalue weighted by atomic mass is 35.5. The van der Waals surface area contributed by atoms with Crippen molar-refractivity contribution in [1.29, 1.82) is 0 Å². The highest BCUT2D eigenvalue weighted by Gasteiger charge is 2.13. The average molecular weight is 387 g/mol. The number of thiazole rings is 1. The fourth-order valence-corrected chi connectivity index (χ4v) is 3.55. The van der Waals surface area contributed by atoms with E-state index < -0.39 is 0 Å². The molecule has 0 aliphatic rings. The summed E-state index contributed by atoms with van der Waals surface area (Å²) in [5.74, 6) is -0.0289. The van der Waals surface area contributed by atoms with E-state index in [1.807, 2.05) is 7.05 Å². The maximum atomic E-state index is 12.2. The molecule has 26 heavy (non-hydrogen) atoms. The van der Waals surface area contributed by atoms with Crippen molar-refractivity contribution >= 4 is 34.5 Å². The molecule has 2 N–H and O–H groups in total. The molecule has 0 bridgehead atoms. The first-order valence-electron chi connectivity index (χ1n) is 8.38. The van der Waals surface area contributed by atoms with Crippen molar-refractivity contribution in [2.75, 3.05) is 18.9 Å². The van der Waals surface area contributed by atoms with Crippen LogP contribution in [0.3, 0.4) is 0 Å². The zero-order chi connectivity index (χ0) is 18.5. The Morgan fingerprint density at radius 2 is 1.85 bits per heavy atom. The van der Waals surface area contributed by atoms with Gasteiger partial charge in [-0.15, -0.1) is 11.3 Å². The molecule has 134 valence electrons. The van der Waals surface area contributed by atoms with Gasteiger partial charge in [0.25, 0.3) is 5.91 Å². The van der Waals surface area contributed by atoms with Gasteiger partial charge in [0, 0.05) is 21.7 Å². The van der Waals surface area contributed by atoms with Crippen molar-refractivity contribution in [3.8, 4) is 10.6 Å². The number of benzene rings is 2. The molecule has 2 aromatic carbocycles. The van der Waals surface area contributed by atoms with Crippen LogP contribution >= 0.6 is 22.9 Å². The number of anilines is 1. The van der Waals surface area contributed by atoms with E-state index in [-0.39, 0.29) is 5.91 Å². The number of aryl methyl sites for hydroxylation is 1. The molecule has 1 heterocycles. The monoisotopic (exact) mass is 386 g/mol. The number of amides is 1. The maximum Gasteiger partial charge on any atom is 0.279 e. The van der Waals surface area contributed by atoms with E-state index in [4.69, 9.17) is 16.6 Å². The van der Waals surface area contributed by atoms with Crippen molar-refractivity contribution in [3.05, 3.63) is 70.2 Å². The summed E-state index contributed by atoms with van der Waals surface area (Å²) in [6, 6.07) is 15.5. The van der Waals surface area contributed by atoms with Gasteiger partial charge in [0.15, 0.2) is 6.54 Å². The summed E-state index contributed by atoms with van der Waals surface area (Å²) >= 11 is 7.49. The van der Waals surface area contributed by atoms with Crippen LogP contribution in [-0.2, 0) is 11.3 Å². The smallest absolute Gasteiger partial charge is 0.279 e. The van der Waals surface area contributed by atoms with Gasteiger partial charge in [-0.1, -0.05) is 41.4 Å². The summed E-state index contributed by atoms with van der Waals surface area (Å²) in [4.78, 5) is 18.0. The van der Waals surface area contributed by atoms with Crippen LogP contribution in [0.25, 0.3) is 10.6 Å². The normalized spacial score (nSPS) is 12.0. The summed E-state index contributed by atoms with van der Waals surface area (Å²) in [6.07, 6.45) is 0. The van der Waals surface area contributed by atoms with E-state index in [0.29, 0.717) is 18.1 Å². The zero-order valence-electron chi connectivity index (χ0n) is 14.8. The number of carbonyl (C=O) groups excluding carboxylic acids is 1. The lowest BCUT2D eigenvalue weighted by atomic mass is 10.2. The number of halogens is 1. The summed E-state index contributed by atoms with van der Waals surface area (Å²) in [5, 5.41) is 6.62. The minimum Gasteiger partial charge on any atom is -0.325 e. The van der Waals surface area contributed by atoms with Crippen molar-refractivity contribution < 1.29 is 9.69 Å². The van der Waals surface area contributed by atoms with E-state index in [2.05, 4.69) is 41.9 Å². The first kappa shape index (κ1) is 18.6. The number of carbonyl (C=O) groups is 1. The van der Waals surface area contributed by atoms with E-state index in [0.717, 1.165) is 26.9 Å². The lowest BCUT2D eigenvalue weighted by Gasteiger charge is -2.12. The van der Waals surface area contributed by atoms with Gasteiger partial charge < -0.3 is 10.2 Å². The summed E-state index contributed by atoms with van der Waals surface area (Å²) in [6.45, 7) is 3.15. The quantitative estimate of drug-likeness (QED) is 0.681. The number of aromatic nitrogens is 1. The van der Waals surface area contributed by atoms with Crippen molar-refractivity contribution in [2.45, 2.75) is 13.5 Å². The summed E-state index contributed by atoms with van der Waals surface area (Å²) in [7, 11) is 1.99. The van der Waals surface area contributed by atoms with E-state index in [1.54, 1.807) is 35.6 Å². The molecular formula is C20H21ClN3OS+. The number of quaternary nitrogens is 1. The predicted octanol–water partition coefficient (Wildman–Crippen LogP) is 3.43. The lowest BCUT2D eigenvalue weighted by molar-refractivity contribution is -0.885. The Morgan fingerprint density at radius 3 is 2.54 bits per heavy atom. The van der Waals surface area contributed by atoms with Gasteiger partial charge in [-0.25, -0.2) is 4.98 Å². The van der Waals surface area contributed by atoms with Gasteiger partial charge in [-0.05, 0) is 31.2 Å². The molecular weight excluding hydrogens is 366 g/mol. The second-order valence-corrected chi connectivity index (χ2v) is 7.67. The van der Waals surface area contributed by atoms with E-state index in [1.165, 1.54) is 5.56 Å². The molecule has 3 rings (SSSR count). The Hall–Kier alpha value is -2.21. The van der Waals surface area contributed by atoms with Crippen molar-refractivity contribution in [2.24, 2.45) is 0 Å². The first-order valence-corrected chi connectivity index (χ1v) is 9.63. The van der Waals surface area contributed by atoms with Crippen LogP contribution in [0.4, 0.5) is 5.69 Å². The Labute approximate surface area is 162 Å². The molecule has 0 spiro atoms. The van der Waals surface area contributed by atoms with Crippen molar-refractivity contribution in [1.82, 2.24) is 4.98 Å². The molecule has 0 aliphatic heterocycles. The Morgan fingerprint density at radius 1 is 1.15 bits per heavy atom. The molecule has 4 nitrogen and oxygen atoms in total. The van der Waals surface area contributed by atoms with E-state index >= 15 is 0 Å². The minimum absolute atomic E-state index is 0.0289. The molecule has 3 aromatic rings. The third-order valence-corrected chi connectivity index (χ3v) is 5.12. The molecule has 0 saturated carbocycles. The molecule has 0 aliphatic carbocycles. The summed E-state index contributed by atoms with van der Waals surface area (Å²) < 4.78 is 0. The molecule has 6 heteroatoms. The van der Waals surface area contributed by atoms with Crippen LogP contribution in [0.15, 0.2) is 53.9 Å². The Balaban J connectivity index is 1.54. The molecule has 1 unspecified atom stereocenters. The Bertz CT molecular complexity index is 875. The van der Waals surface area contributed by atoms with Gasteiger partial charge in [0.1, 0.15) is 17.2 Å². The number of hydrogen-bond acceptors (Lipinski definition) is 3. The highest BCUT2D eigenvalue weighted by Crippen LogP contribution is 2.23. The second kappa shape index (κ2) is 8.45. The zero-order valence-corrected chi connectivity index (χ0v) is 16.3. The third-order valence-electron chi connectivity index (χ3n) is 3.92. The fraction of sp³-hybridized carbons (Fsp3) is 0.200.